The lowest BCUT2D eigenvalue weighted by molar-refractivity contribution is -0.131. The highest BCUT2D eigenvalue weighted by molar-refractivity contribution is 5.94. The molecule has 0 aliphatic heterocycles. The molecule has 0 saturated heterocycles. The van der Waals surface area contributed by atoms with E-state index in [1.54, 1.807) is 30.1 Å². The molecule has 102 valence electrons. The van der Waals surface area contributed by atoms with Crippen LogP contribution in [0, 0.1) is 6.92 Å². The molecule has 4 nitrogen and oxygen atoms in total. The zero-order valence-electron chi connectivity index (χ0n) is 11.5. The van der Waals surface area contributed by atoms with E-state index >= 15 is 0 Å². The van der Waals surface area contributed by atoms with E-state index in [0.29, 0.717) is 5.56 Å². The minimum Gasteiger partial charge on any atom is -0.478 e. The fourth-order valence-electron chi connectivity index (χ4n) is 1.81. The van der Waals surface area contributed by atoms with Crippen LogP contribution >= 0.6 is 0 Å². The Morgan fingerprint density at radius 3 is 2.58 bits per heavy atom. The van der Waals surface area contributed by atoms with Gasteiger partial charge < -0.3 is 10.0 Å². The van der Waals surface area contributed by atoms with E-state index in [-0.39, 0.29) is 5.91 Å². The molecule has 0 atom stereocenters. The van der Waals surface area contributed by atoms with Gasteiger partial charge in [-0.05, 0) is 42.7 Å². The molecule has 0 aromatic heterocycles. The van der Waals surface area contributed by atoms with Gasteiger partial charge >= 0.3 is 5.97 Å². The normalized spacial score (nSPS) is 10.7. The monoisotopic (exact) mass is 261 g/mol. The molecule has 0 unspecified atom stereocenters. The van der Waals surface area contributed by atoms with Crippen LogP contribution in [0.2, 0.25) is 0 Å². The second-order valence-electron chi connectivity index (χ2n) is 4.47. The largest absolute Gasteiger partial charge is 0.478 e. The minimum atomic E-state index is -0.984. The average molecular weight is 261 g/mol. The molecule has 1 rings (SSSR count). The number of nitrogens with zero attached hydrogens (tertiary/aromatic N) is 1. The van der Waals surface area contributed by atoms with E-state index in [9.17, 15) is 9.59 Å². The van der Waals surface area contributed by atoms with Crippen LogP contribution < -0.4 is 0 Å². The summed E-state index contributed by atoms with van der Waals surface area (Å²) in [5, 5.41) is 8.59. The van der Waals surface area contributed by atoms with E-state index in [0.717, 1.165) is 30.2 Å². The molecule has 1 aromatic carbocycles. The first-order valence-electron chi connectivity index (χ1n) is 6.22. The van der Waals surface area contributed by atoms with Crippen molar-refractivity contribution in [1.29, 1.82) is 0 Å². The van der Waals surface area contributed by atoms with Gasteiger partial charge in [-0.3, -0.25) is 4.79 Å². The fraction of sp³-hybridized carbons (Fsp3) is 0.333. The summed E-state index contributed by atoms with van der Waals surface area (Å²) in [6.45, 7) is 4.60. The minimum absolute atomic E-state index is 0.0151. The van der Waals surface area contributed by atoms with Gasteiger partial charge in [-0.1, -0.05) is 13.0 Å². The third-order valence-corrected chi connectivity index (χ3v) is 2.83. The summed E-state index contributed by atoms with van der Waals surface area (Å²) >= 11 is 0. The Morgan fingerprint density at radius 2 is 2.05 bits per heavy atom. The zero-order chi connectivity index (χ0) is 14.4. The first-order valence-corrected chi connectivity index (χ1v) is 6.22. The van der Waals surface area contributed by atoms with Crippen molar-refractivity contribution in [3.63, 3.8) is 0 Å². The number of benzene rings is 1. The SMILES string of the molecule is CCCN(C)C(=O)c1ccc(/C=C/C(=O)O)c(C)c1. The number of aryl methyl sites for hydroxylation is 1. The number of carbonyl (C=O) groups excluding carboxylic acids is 1. The molecule has 19 heavy (non-hydrogen) atoms. The van der Waals surface area contributed by atoms with Crippen molar-refractivity contribution in [3.8, 4) is 0 Å². The van der Waals surface area contributed by atoms with Crippen LogP contribution in [0.1, 0.15) is 34.8 Å². The van der Waals surface area contributed by atoms with Crippen LogP contribution in [0.4, 0.5) is 0 Å². The molecule has 0 heterocycles. The van der Waals surface area contributed by atoms with E-state index in [1.807, 2.05) is 13.8 Å². The van der Waals surface area contributed by atoms with E-state index in [4.69, 9.17) is 5.11 Å². The first-order chi connectivity index (χ1) is 8.95. The molecule has 1 amide bonds. The summed E-state index contributed by atoms with van der Waals surface area (Å²) in [5.41, 5.74) is 2.31. The Hall–Kier alpha value is -2.10. The van der Waals surface area contributed by atoms with Gasteiger partial charge in [-0.15, -0.1) is 0 Å². The average Bonchev–Trinajstić information content (AvgIpc) is 2.36. The molecule has 1 N–H and O–H groups in total. The molecule has 0 radical (unpaired) electrons. The quantitative estimate of drug-likeness (QED) is 0.829. The van der Waals surface area contributed by atoms with Crippen LogP contribution in [0.5, 0.6) is 0 Å². The van der Waals surface area contributed by atoms with Crippen molar-refractivity contribution in [1.82, 2.24) is 4.90 Å². The Bertz CT molecular complexity index is 506. The molecule has 4 heteroatoms. The summed E-state index contributed by atoms with van der Waals surface area (Å²) in [5.74, 6) is -0.999. The second kappa shape index (κ2) is 6.73. The third-order valence-electron chi connectivity index (χ3n) is 2.83. The number of carbonyl (C=O) groups is 2. The van der Waals surface area contributed by atoms with Crippen molar-refractivity contribution in [3.05, 3.63) is 41.0 Å². The van der Waals surface area contributed by atoms with Crippen LogP contribution in [0.3, 0.4) is 0 Å². The topological polar surface area (TPSA) is 57.6 Å². The molecule has 0 saturated carbocycles. The summed E-state index contributed by atoms with van der Waals surface area (Å²) in [6.07, 6.45) is 3.54. The molecular formula is C15H19NO3. The predicted octanol–water partition coefficient (Wildman–Crippen LogP) is 2.57. The molecule has 0 spiro atoms. The lowest BCUT2D eigenvalue weighted by atomic mass is 10.0. The maximum Gasteiger partial charge on any atom is 0.328 e. The molecule has 1 aromatic rings. The van der Waals surface area contributed by atoms with Crippen molar-refractivity contribution in [2.45, 2.75) is 20.3 Å². The van der Waals surface area contributed by atoms with Crippen LogP contribution in [-0.2, 0) is 4.79 Å². The predicted molar refractivity (Wildman–Crippen MR) is 75.1 cm³/mol. The number of aliphatic carboxylic acids is 1. The second-order valence-corrected chi connectivity index (χ2v) is 4.47. The van der Waals surface area contributed by atoms with E-state index in [2.05, 4.69) is 0 Å². The van der Waals surface area contributed by atoms with Crippen LogP contribution in [0.25, 0.3) is 6.08 Å². The maximum absolute atomic E-state index is 12.1. The number of hydrogen-bond donors (Lipinski definition) is 1. The highest BCUT2D eigenvalue weighted by atomic mass is 16.4. The molecule has 0 aliphatic carbocycles. The van der Waals surface area contributed by atoms with Gasteiger partial charge in [0.15, 0.2) is 0 Å². The van der Waals surface area contributed by atoms with Gasteiger partial charge in [-0.2, -0.15) is 0 Å². The molecular weight excluding hydrogens is 242 g/mol. The van der Waals surface area contributed by atoms with Gasteiger partial charge in [0, 0.05) is 25.2 Å². The van der Waals surface area contributed by atoms with Crippen molar-refractivity contribution in [2.24, 2.45) is 0 Å². The lowest BCUT2D eigenvalue weighted by Crippen LogP contribution is -2.27. The fourth-order valence-corrected chi connectivity index (χ4v) is 1.81. The van der Waals surface area contributed by atoms with Crippen LogP contribution in [0.15, 0.2) is 24.3 Å². The van der Waals surface area contributed by atoms with Gasteiger partial charge in [0.05, 0.1) is 0 Å². The van der Waals surface area contributed by atoms with Crippen LogP contribution in [-0.4, -0.2) is 35.5 Å². The Balaban J connectivity index is 2.93. The van der Waals surface area contributed by atoms with Gasteiger partial charge in [0.1, 0.15) is 0 Å². The summed E-state index contributed by atoms with van der Waals surface area (Å²) < 4.78 is 0. The Kier molecular flexibility index (Phi) is 5.30. The Labute approximate surface area is 113 Å². The smallest absolute Gasteiger partial charge is 0.328 e. The molecule has 0 fully saturated rings. The summed E-state index contributed by atoms with van der Waals surface area (Å²) in [4.78, 5) is 24.2. The van der Waals surface area contributed by atoms with Gasteiger partial charge in [0.25, 0.3) is 5.91 Å². The maximum atomic E-state index is 12.1. The number of carboxylic acids is 1. The molecule has 0 bridgehead atoms. The van der Waals surface area contributed by atoms with E-state index < -0.39 is 5.97 Å². The first kappa shape index (κ1) is 15.0. The van der Waals surface area contributed by atoms with Crippen molar-refractivity contribution in [2.75, 3.05) is 13.6 Å². The van der Waals surface area contributed by atoms with Crippen molar-refractivity contribution >= 4 is 18.0 Å². The van der Waals surface area contributed by atoms with Crippen molar-refractivity contribution < 1.29 is 14.7 Å². The third kappa shape index (κ3) is 4.25. The Morgan fingerprint density at radius 1 is 1.37 bits per heavy atom. The lowest BCUT2D eigenvalue weighted by Gasteiger charge is -2.16. The van der Waals surface area contributed by atoms with E-state index in [1.165, 1.54) is 6.08 Å². The molecule has 0 aliphatic rings. The zero-order valence-corrected chi connectivity index (χ0v) is 11.5. The van der Waals surface area contributed by atoms with Gasteiger partial charge in [0.2, 0.25) is 0 Å². The highest BCUT2D eigenvalue weighted by Gasteiger charge is 2.11. The highest BCUT2D eigenvalue weighted by Crippen LogP contribution is 2.14. The number of hydrogen-bond acceptors (Lipinski definition) is 2. The standard InChI is InChI=1S/C15H19NO3/c1-4-9-16(3)15(19)13-6-5-12(11(2)10-13)7-8-14(17)18/h5-8,10H,4,9H2,1-3H3,(H,17,18)/b8-7+. The number of carboxylic acid groups (broad SMARTS) is 1. The number of rotatable bonds is 5. The van der Waals surface area contributed by atoms with Gasteiger partial charge in [-0.25, -0.2) is 4.79 Å². The number of amides is 1. The summed E-state index contributed by atoms with van der Waals surface area (Å²) in [7, 11) is 1.78. The summed E-state index contributed by atoms with van der Waals surface area (Å²) in [6, 6.07) is 5.28.